The predicted molar refractivity (Wildman–Crippen MR) is 44.9 cm³/mol. The van der Waals surface area contributed by atoms with Crippen LogP contribution < -0.4 is 0 Å². The lowest BCUT2D eigenvalue weighted by Gasteiger charge is -2.08. The summed E-state index contributed by atoms with van der Waals surface area (Å²) in [6, 6.07) is 0. The summed E-state index contributed by atoms with van der Waals surface area (Å²) in [4.78, 5) is 0.780. The first-order valence-corrected chi connectivity index (χ1v) is 4.60. The molecule has 0 amide bonds. The molecule has 1 atom stereocenters. The maximum absolute atomic E-state index is 3.64. The first-order chi connectivity index (χ1) is 4.39. The number of hydrogen-bond acceptors (Lipinski definition) is 0. The maximum Gasteiger partial charge on any atom is 0.0148 e. The Hall–Kier alpha value is 0.220. The molecule has 1 heteroatoms. The van der Waals surface area contributed by atoms with Gasteiger partial charge in [-0.2, -0.15) is 0 Å². The highest BCUT2D eigenvalue weighted by atomic mass is 79.9. The lowest BCUT2D eigenvalue weighted by atomic mass is 10.1. The molecule has 0 aromatic rings. The highest BCUT2D eigenvalue weighted by Crippen LogP contribution is 2.18. The maximum atomic E-state index is 3.64. The highest BCUT2D eigenvalue weighted by Gasteiger charge is 2.02. The smallest absolute Gasteiger partial charge is 0.0148 e. The third-order valence-corrected chi connectivity index (χ3v) is 2.62. The second kappa shape index (κ2) is 4.10. The van der Waals surface area contributed by atoms with Crippen LogP contribution >= 0.6 is 15.9 Å². The van der Waals surface area contributed by atoms with Crippen LogP contribution in [-0.4, -0.2) is 4.83 Å². The molecular formula is C8H13Br. The summed E-state index contributed by atoms with van der Waals surface area (Å²) >= 11 is 3.64. The molecule has 0 saturated carbocycles. The van der Waals surface area contributed by atoms with Crippen molar-refractivity contribution in [2.75, 3.05) is 0 Å². The summed E-state index contributed by atoms with van der Waals surface area (Å²) in [7, 11) is 0. The van der Waals surface area contributed by atoms with Gasteiger partial charge in [-0.1, -0.05) is 28.1 Å². The van der Waals surface area contributed by atoms with Gasteiger partial charge in [-0.05, 0) is 32.1 Å². The Morgan fingerprint density at radius 3 is 2.78 bits per heavy atom. The van der Waals surface area contributed by atoms with Gasteiger partial charge in [0.1, 0.15) is 0 Å². The van der Waals surface area contributed by atoms with Crippen molar-refractivity contribution in [3.8, 4) is 0 Å². The number of halogens is 1. The van der Waals surface area contributed by atoms with Crippen molar-refractivity contribution >= 4 is 15.9 Å². The number of rotatable bonds is 0. The highest BCUT2D eigenvalue weighted by molar-refractivity contribution is 9.09. The van der Waals surface area contributed by atoms with Gasteiger partial charge in [0.15, 0.2) is 0 Å². The molecule has 1 rings (SSSR count). The molecule has 0 aliphatic heterocycles. The quantitative estimate of drug-likeness (QED) is 0.405. The van der Waals surface area contributed by atoms with Crippen LogP contribution in [0.1, 0.15) is 32.1 Å². The zero-order valence-corrected chi connectivity index (χ0v) is 7.23. The molecule has 0 spiro atoms. The summed E-state index contributed by atoms with van der Waals surface area (Å²) < 4.78 is 0. The molecule has 9 heavy (non-hydrogen) atoms. The Bertz CT molecular complexity index is 96.7. The van der Waals surface area contributed by atoms with Crippen molar-refractivity contribution in [1.29, 1.82) is 0 Å². The lowest BCUT2D eigenvalue weighted by Crippen LogP contribution is -1.97. The van der Waals surface area contributed by atoms with E-state index in [1.807, 2.05) is 0 Å². The summed E-state index contributed by atoms with van der Waals surface area (Å²) in [5, 5.41) is 0. The molecule has 0 nitrogen and oxygen atoms in total. The zero-order valence-electron chi connectivity index (χ0n) is 5.65. The number of allylic oxidation sites excluding steroid dienone is 2. The minimum Gasteiger partial charge on any atom is -0.0891 e. The summed E-state index contributed by atoms with van der Waals surface area (Å²) in [6.07, 6.45) is 11.2. The Morgan fingerprint density at radius 2 is 1.89 bits per heavy atom. The van der Waals surface area contributed by atoms with E-state index in [0.29, 0.717) is 0 Å². The van der Waals surface area contributed by atoms with Crippen molar-refractivity contribution in [2.24, 2.45) is 0 Å². The van der Waals surface area contributed by atoms with Gasteiger partial charge in [0.25, 0.3) is 0 Å². The molecule has 0 N–H and O–H groups in total. The average Bonchev–Trinajstić information content (AvgIpc) is 1.79. The van der Waals surface area contributed by atoms with Crippen LogP contribution in [0.3, 0.4) is 0 Å². The molecule has 0 heterocycles. The molecule has 0 radical (unpaired) electrons. The zero-order chi connectivity index (χ0) is 6.53. The molecule has 0 fully saturated rings. The third kappa shape index (κ3) is 3.04. The van der Waals surface area contributed by atoms with Crippen LogP contribution in [0.5, 0.6) is 0 Å². The minimum absolute atomic E-state index is 0.780. The number of hydrogen-bond donors (Lipinski definition) is 0. The second-order valence-corrected chi connectivity index (χ2v) is 3.87. The Morgan fingerprint density at radius 1 is 1.11 bits per heavy atom. The molecule has 1 aliphatic carbocycles. The molecule has 52 valence electrons. The number of alkyl halides is 1. The van der Waals surface area contributed by atoms with Gasteiger partial charge in [-0.15, -0.1) is 0 Å². The van der Waals surface area contributed by atoms with Crippen LogP contribution in [0, 0.1) is 0 Å². The van der Waals surface area contributed by atoms with E-state index in [1.165, 1.54) is 32.1 Å². The molecule has 0 aromatic carbocycles. The Labute approximate surface area is 65.5 Å². The fraction of sp³-hybridized carbons (Fsp3) is 0.750. The van der Waals surface area contributed by atoms with E-state index < -0.39 is 0 Å². The van der Waals surface area contributed by atoms with Crippen LogP contribution in [0.2, 0.25) is 0 Å². The molecule has 1 aliphatic rings. The Kier molecular flexibility index (Phi) is 3.34. The third-order valence-electron chi connectivity index (χ3n) is 1.70. The van der Waals surface area contributed by atoms with Crippen molar-refractivity contribution < 1.29 is 0 Å². The van der Waals surface area contributed by atoms with Gasteiger partial charge in [-0.3, -0.25) is 0 Å². The van der Waals surface area contributed by atoms with E-state index in [-0.39, 0.29) is 0 Å². The van der Waals surface area contributed by atoms with Crippen molar-refractivity contribution in [1.82, 2.24) is 0 Å². The molecule has 0 aromatic heterocycles. The van der Waals surface area contributed by atoms with E-state index in [4.69, 9.17) is 0 Å². The topological polar surface area (TPSA) is 0 Å². The van der Waals surface area contributed by atoms with E-state index in [2.05, 4.69) is 28.1 Å². The fourth-order valence-electron chi connectivity index (χ4n) is 1.11. The first kappa shape index (κ1) is 7.33. The minimum atomic E-state index is 0.780. The molecule has 1 unspecified atom stereocenters. The standard InChI is InChI=1S/C8H13Br/c9-8-6-4-2-1-3-5-7-8/h1-2,8H,3-7H2/b2-1+. The second-order valence-electron chi connectivity index (χ2n) is 2.58. The molecule has 0 saturated heterocycles. The summed E-state index contributed by atoms with van der Waals surface area (Å²) in [6.45, 7) is 0. The van der Waals surface area contributed by atoms with Gasteiger partial charge in [-0.25, -0.2) is 0 Å². The average molecular weight is 189 g/mol. The molecule has 0 bridgehead atoms. The monoisotopic (exact) mass is 188 g/mol. The van der Waals surface area contributed by atoms with E-state index in [9.17, 15) is 0 Å². The van der Waals surface area contributed by atoms with Gasteiger partial charge < -0.3 is 0 Å². The van der Waals surface area contributed by atoms with Crippen LogP contribution in [0.4, 0.5) is 0 Å². The Balaban J connectivity index is 2.27. The molecular weight excluding hydrogens is 176 g/mol. The fourth-order valence-corrected chi connectivity index (χ4v) is 1.70. The summed E-state index contributed by atoms with van der Waals surface area (Å²) in [5.74, 6) is 0. The van der Waals surface area contributed by atoms with Crippen molar-refractivity contribution in [3.63, 3.8) is 0 Å². The largest absolute Gasteiger partial charge is 0.0891 e. The first-order valence-electron chi connectivity index (χ1n) is 3.68. The van der Waals surface area contributed by atoms with E-state index in [0.717, 1.165) is 4.83 Å². The normalized spacial score (nSPS) is 32.8. The SMILES string of the molecule is BrC1CC/C=C/CCC1. The van der Waals surface area contributed by atoms with Gasteiger partial charge in [0, 0.05) is 4.83 Å². The van der Waals surface area contributed by atoms with E-state index >= 15 is 0 Å². The van der Waals surface area contributed by atoms with Gasteiger partial charge >= 0.3 is 0 Å². The van der Waals surface area contributed by atoms with E-state index in [1.54, 1.807) is 0 Å². The van der Waals surface area contributed by atoms with Crippen LogP contribution in [0.25, 0.3) is 0 Å². The van der Waals surface area contributed by atoms with Gasteiger partial charge in [0.2, 0.25) is 0 Å². The van der Waals surface area contributed by atoms with Crippen LogP contribution in [-0.2, 0) is 0 Å². The lowest BCUT2D eigenvalue weighted by molar-refractivity contribution is 0.661. The van der Waals surface area contributed by atoms with Gasteiger partial charge in [0.05, 0.1) is 0 Å². The summed E-state index contributed by atoms with van der Waals surface area (Å²) in [5.41, 5.74) is 0. The van der Waals surface area contributed by atoms with Crippen LogP contribution in [0.15, 0.2) is 12.2 Å². The predicted octanol–water partition coefficient (Wildman–Crippen LogP) is 3.27. The van der Waals surface area contributed by atoms with Crippen molar-refractivity contribution in [2.45, 2.75) is 36.9 Å². The van der Waals surface area contributed by atoms with Crippen molar-refractivity contribution in [3.05, 3.63) is 12.2 Å².